The van der Waals surface area contributed by atoms with Crippen LogP contribution in [0.5, 0.6) is 17.2 Å². The summed E-state index contributed by atoms with van der Waals surface area (Å²) in [7, 11) is 3.95. The Kier molecular flexibility index (Phi) is 5.86. The van der Waals surface area contributed by atoms with Crippen molar-refractivity contribution in [1.82, 2.24) is 0 Å². The van der Waals surface area contributed by atoms with E-state index in [9.17, 15) is 4.79 Å². The Bertz CT molecular complexity index is 846. The molecule has 6 heteroatoms. The van der Waals surface area contributed by atoms with E-state index in [2.05, 4.69) is 5.32 Å². The Hall–Kier alpha value is -3.15. The van der Waals surface area contributed by atoms with E-state index in [1.165, 1.54) is 6.08 Å². The van der Waals surface area contributed by atoms with Gasteiger partial charge in [-0.15, -0.1) is 0 Å². The monoisotopic (exact) mass is 368 g/mol. The molecule has 27 heavy (non-hydrogen) atoms. The zero-order chi connectivity index (χ0) is 19.2. The highest BCUT2D eigenvalue weighted by atomic mass is 16.6. The Balaban J connectivity index is 1.71. The molecule has 1 aliphatic heterocycles. The highest BCUT2D eigenvalue weighted by Crippen LogP contribution is 2.32. The first kappa shape index (κ1) is 18.6. The number of rotatable bonds is 6. The fourth-order valence-electron chi connectivity index (χ4n) is 2.69. The highest BCUT2D eigenvalue weighted by molar-refractivity contribution is 6.02. The molecule has 0 aromatic heterocycles. The van der Waals surface area contributed by atoms with E-state index >= 15 is 0 Å². The van der Waals surface area contributed by atoms with Gasteiger partial charge in [0.05, 0.1) is 6.61 Å². The minimum Gasteiger partial charge on any atom is -0.493 e. The van der Waals surface area contributed by atoms with Crippen LogP contribution in [-0.4, -0.2) is 39.8 Å². The van der Waals surface area contributed by atoms with Crippen LogP contribution >= 0.6 is 0 Å². The standard InChI is InChI=1S/C21H24N2O4/c1-4-25-19-14-17(23(2)3)8-5-15(19)6-10-21(24)22-16-7-9-18-20(13-16)27-12-11-26-18/h5-10,13-14H,4,11-12H2,1-3H3,(H,22,24). The average molecular weight is 368 g/mol. The molecule has 1 aliphatic rings. The van der Waals surface area contributed by atoms with E-state index in [-0.39, 0.29) is 5.91 Å². The number of nitrogens with one attached hydrogen (secondary N) is 1. The average Bonchev–Trinajstić information content (AvgIpc) is 2.67. The predicted molar refractivity (Wildman–Crippen MR) is 107 cm³/mol. The lowest BCUT2D eigenvalue weighted by Crippen LogP contribution is -2.16. The van der Waals surface area contributed by atoms with Crippen LogP contribution < -0.4 is 24.4 Å². The maximum absolute atomic E-state index is 12.3. The van der Waals surface area contributed by atoms with Gasteiger partial charge in [0.15, 0.2) is 11.5 Å². The minimum absolute atomic E-state index is 0.231. The van der Waals surface area contributed by atoms with Gasteiger partial charge >= 0.3 is 0 Å². The lowest BCUT2D eigenvalue weighted by atomic mass is 10.1. The molecule has 2 aromatic carbocycles. The third-order valence-corrected chi connectivity index (χ3v) is 4.04. The lowest BCUT2D eigenvalue weighted by Gasteiger charge is -2.18. The van der Waals surface area contributed by atoms with Crippen molar-refractivity contribution in [3.05, 3.63) is 48.0 Å². The van der Waals surface area contributed by atoms with Gasteiger partial charge in [-0.05, 0) is 37.3 Å². The molecule has 6 nitrogen and oxygen atoms in total. The molecule has 0 unspecified atom stereocenters. The molecular formula is C21H24N2O4. The van der Waals surface area contributed by atoms with Gasteiger partial charge in [0.1, 0.15) is 19.0 Å². The fourth-order valence-corrected chi connectivity index (χ4v) is 2.69. The summed E-state index contributed by atoms with van der Waals surface area (Å²) in [4.78, 5) is 14.3. The third kappa shape index (κ3) is 4.73. The topological polar surface area (TPSA) is 60.0 Å². The second-order valence-electron chi connectivity index (χ2n) is 6.23. The number of nitrogens with zero attached hydrogens (tertiary/aromatic N) is 1. The minimum atomic E-state index is -0.231. The first-order valence-electron chi connectivity index (χ1n) is 8.89. The largest absolute Gasteiger partial charge is 0.493 e. The molecule has 1 heterocycles. The highest BCUT2D eigenvalue weighted by Gasteiger charge is 2.12. The molecule has 0 saturated heterocycles. The number of ether oxygens (including phenoxy) is 3. The van der Waals surface area contributed by atoms with Crippen LogP contribution in [-0.2, 0) is 4.79 Å². The van der Waals surface area contributed by atoms with Gasteiger partial charge in [0.25, 0.3) is 0 Å². The number of carbonyl (C=O) groups is 1. The molecule has 1 amide bonds. The van der Waals surface area contributed by atoms with E-state index in [0.717, 1.165) is 17.0 Å². The van der Waals surface area contributed by atoms with Crippen LogP contribution in [0.4, 0.5) is 11.4 Å². The van der Waals surface area contributed by atoms with E-state index in [0.29, 0.717) is 37.0 Å². The number of amides is 1. The second kappa shape index (κ2) is 8.49. The van der Waals surface area contributed by atoms with Gasteiger partial charge in [-0.3, -0.25) is 4.79 Å². The van der Waals surface area contributed by atoms with Crippen molar-refractivity contribution >= 4 is 23.4 Å². The van der Waals surface area contributed by atoms with Gasteiger partial charge in [0, 0.05) is 49.2 Å². The summed E-state index contributed by atoms with van der Waals surface area (Å²) in [5, 5.41) is 2.83. The summed E-state index contributed by atoms with van der Waals surface area (Å²) in [6.07, 6.45) is 3.24. The summed E-state index contributed by atoms with van der Waals surface area (Å²) in [5.74, 6) is 1.84. The Morgan fingerprint density at radius 1 is 1.15 bits per heavy atom. The van der Waals surface area contributed by atoms with Gasteiger partial charge in [-0.1, -0.05) is 0 Å². The van der Waals surface area contributed by atoms with Crippen molar-refractivity contribution in [2.75, 3.05) is 44.1 Å². The molecule has 0 spiro atoms. The van der Waals surface area contributed by atoms with Crippen molar-refractivity contribution < 1.29 is 19.0 Å². The van der Waals surface area contributed by atoms with Crippen molar-refractivity contribution in [2.45, 2.75) is 6.92 Å². The molecule has 1 N–H and O–H groups in total. The molecular weight excluding hydrogens is 344 g/mol. The number of carbonyl (C=O) groups excluding carboxylic acids is 1. The van der Waals surface area contributed by atoms with E-state index in [1.807, 2.05) is 44.1 Å². The molecule has 0 bridgehead atoms. The molecule has 0 aliphatic carbocycles. The smallest absolute Gasteiger partial charge is 0.248 e. The van der Waals surface area contributed by atoms with Crippen molar-refractivity contribution in [3.63, 3.8) is 0 Å². The molecule has 2 aromatic rings. The zero-order valence-electron chi connectivity index (χ0n) is 15.8. The van der Waals surface area contributed by atoms with Crippen LogP contribution in [0.3, 0.4) is 0 Å². The van der Waals surface area contributed by atoms with Crippen LogP contribution in [0.2, 0.25) is 0 Å². The van der Waals surface area contributed by atoms with Gasteiger partial charge in [0.2, 0.25) is 5.91 Å². The normalized spacial score (nSPS) is 12.7. The number of benzene rings is 2. The van der Waals surface area contributed by atoms with E-state index in [1.54, 1.807) is 24.3 Å². The van der Waals surface area contributed by atoms with E-state index < -0.39 is 0 Å². The summed E-state index contributed by atoms with van der Waals surface area (Å²) in [5.41, 5.74) is 2.54. The lowest BCUT2D eigenvalue weighted by molar-refractivity contribution is -0.111. The van der Waals surface area contributed by atoms with Gasteiger partial charge in [-0.2, -0.15) is 0 Å². The number of anilines is 2. The molecule has 0 atom stereocenters. The molecule has 142 valence electrons. The SMILES string of the molecule is CCOc1cc(N(C)C)ccc1C=CC(=O)Nc1ccc2c(c1)OCCO2. The van der Waals surface area contributed by atoms with Crippen molar-refractivity contribution in [3.8, 4) is 17.2 Å². The second-order valence-corrected chi connectivity index (χ2v) is 6.23. The van der Waals surface area contributed by atoms with Crippen LogP contribution in [0, 0.1) is 0 Å². The third-order valence-electron chi connectivity index (χ3n) is 4.04. The number of hydrogen-bond donors (Lipinski definition) is 1. The van der Waals surface area contributed by atoms with Crippen LogP contribution in [0.1, 0.15) is 12.5 Å². The summed E-state index contributed by atoms with van der Waals surface area (Å²) in [6, 6.07) is 11.2. The van der Waals surface area contributed by atoms with Crippen LogP contribution in [0.25, 0.3) is 6.08 Å². The fraction of sp³-hybridized carbons (Fsp3) is 0.286. The summed E-state index contributed by atoms with van der Waals surface area (Å²) >= 11 is 0. The van der Waals surface area contributed by atoms with Gasteiger partial charge < -0.3 is 24.4 Å². The Morgan fingerprint density at radius 3 is 2.67 bits per heavy atom. The predicted octanol–water partition coefficient (Wildman–Crippen LogP) is 3.57. The molecule has 0 saturated carbocycles. The maximum atomic E-state index is 12.3. The van der Waals surface area contributed by atoms with Gasteiger partial charge in [-0.25, -0.2) is 0 Å². The quantitative estimate of drug-likeness (QED) is 0.790. The molecule has 3 rings (SSSR count). The summed E-state index contributed by atoms with van der Waals surface area (Å²) in [6.45, 7) is 3.54. The van der Waals surface area contributed by atoms with E-state index in [4.69, 9.17) is 14.2 Å². The molecule has 0 fully saturated rings. The molecule has 0 radical (unpaired) electrons. The first-order valence-corrected chi connectivity index (χ1v) is 8.89. The Morgan fingerprint density at radius 2 is 1.93 bits per heavy atom. The summed E-state index contributed by atoms with van der Waals surface area (Å²) < 4.78 is 16.7. The van der Waals surface area contributed by atoms with Crippen LogP contribution in [0.15, 0.2) is 42.5 Å². The Labute approximate surface area is 159 Å². The number of fused-ring (bicyclic) bond motifs is 1. The van der Waals surface area contributed by atoms with Crippen molar-refractivity contribution in [1.29, 1.82) is 0 Å². The number of hydrogen-bond acceptors (Lipinski definition) is 5. The van der Waals surface area contributed by atoms with Crippen molar-refractivity contribution in [2.24, 2.45) is 0 Å². The maximum Gasteiger partial charge on any atom is 0.248 e. The first-order chi connectivity index (χ1) is 13.1. The zero-order valence-corrected chi connectivity index (χ0v) is 15.8.